The van der Waals surface area contributed by atoms with Gasteiger partial charge in [-0.05, 0) is 67.8 Å². The van der Waals surface area contributed by atoms with Crippen LogP contribution in [0.25, 0.3) is 0 Å². The maximum atomic E-state index is 11.0. The molecule has 3 rings (SSSR count). The molecular weight excluding hydrogens is 494 g/mol. The van der Waals surface area contributed by atoms with E-state index >= 15 is 0 Å². The van der Waals surface area contributed by atoms with E-state index in [0.717, 1.165) is 29.6 Å². The predicted molar refractivity (Wildman–Crippen MR) is 152 cm³/mol. The Morgan fingerprint density at radius 1 is 0.692 bits per heavy atom. The van der Waals surface area contributed by atoms with Crippen LogP contribution in [-0.4, -0.2) is 19.2 Å². The van der Waals surface area contributed by atoms with Gasteiger partial charge < -0.3 is 14.5 Å². The zero-order valence-electron chi connectivity index (χ0n) is 22.1. The zero-order chi connectivity index (χ0) is 27.7. The Kier molecular flexibility index (Phi) is 12.2. The molecule has 0 aromatic heterocycles. The van der Waals surface area contributed by atoms with Gasteiger partial charge in [0.2, 0.25) is 0 Å². The van der Waals surface area contributed by atoms with Crippen molar-refractivity contribution in [1.82, 2.24) is 0 Å². The number of ether oxygens (including phenoxy) is 1. The highest BCUT2D eigenvalue weighted by atomic mass is 17.2. The maximum Gasteiger partial charge on any atom is 0.330 e. The third kappa shape index (κ3) is 10.4. The summed E-state index contributed by atoms with van der Waals surface area (Å²) in [7, 11) is 0. The standard InChI is InChI=1S/C32H35NO6/c1-4-32(34)35-24-12-11-14-26(2)37-36-25-13-15-27(3)38-39-31-22-20-30(21-23-31)33(28-16-7-5-8-17-28)29-18-9-6-10-19-29/h4-10,16-23H,1-3,11-15,24-25H2. The molecule has 39 heavy (non-hydrogen) atoms. The van der Waals surface area contributed by atoms with Gasteiger partial charge in [0.05, 0.1) is 13.2 Å². The molecule has 204 valence electrons. The third-order valence-corrected chi connectivity index (χ3v) is 5.50. The van der Waals surface area contributed by atoms with E-state index in [9.17, 15) is 4.79 Å². The molecule has 0 N–H and O–H groups in total. The van der Waals surface area contributed by atoms with Crippen molar-refractivity contribution in [2.24, 2.45) is 0 Å². The van der Waals surface area contributed by atoms with Gasteiger partial charge in [-0.2, -0.15) is 4.89 Å². The van der Waals surface area contributed by atoms with Crippen molar-refractivity contribution in [3.63, 3.8) is 0 Å². The molecule has 3 aromatic carbocycles. The van der Waals surface area contributed by atoms with Gasteiger partial charge in [-0.25, -0.2) is 4.79 Å². The van der Waals surface area contributed by atoms with Gasteiger partial charge >= 0.3 is 5.97 Å². The molecule has 0 bridgehead atoms. The minimum Gasteiger partial charge on any atom is -0.463 e. The number of allylic oxidation sites excluding steroid dienone is 2. The van der Waals surface area contributed by atoms with Crippen LogP contribution < -0.4 is 9.79 Å². The van der Waals surface area contributed by atoms with Crippen LogP contribution in [0, 0.1) is 0 Å². The number of benzene rings is 3. The van der Waals surface area contributed by atoms with E-state index in [2.05, 4.69) is 48.9 Å². The van der Waals surface area contributed by atoms with Gasteiger partial charge in [0.15, 0.2) is 5.75 Å². The number of anilines is 3. The second kappa shape index (κ2) is 16.4. The van der Waals surface area contributed by atoms with Crippen molar-refractivity contribution in [2.45, 2.75) is 32.1 Å². The molecule has 7 heteroatoms. The number of hydrogen-bond acceptors (Lipinski definition) is 7. The fourth-order valence-electron chi connectivity index (χ4n) is 3.55. The summed E-state index contributed by atoms with van der Waals surface area (Å²) in [5.41, 5.74) is 3.11. The Balaban J connectivity index is 1.34. The molecule has 0 aliphatic rings. The minimum atomic E-state index is -0.420. The molecular formula is C32H35NO6. The molecule has 0 aliphatic carbocycles. The fourth-order valence-corrected chi connectivity index (χ4v) is 3.55. The summed E-state index contributed by atoms with van der Waals surface area (Å²) in [6, 6.07) is 28.0. The molecule has 0 heterocycles. The van der Waals surface area contributed by atoms with Crippen molar-refractivity contribution >= 4 is 23.0 Å². The molecule has 3 aromatic rings. The van der Waals surface area contributed by atoms with E-state index in [-0.39, 0.29) is 0 Å². The van der Waals surface area contributed by atoms with Gasteiger partial charge in [-0.3, -0.25) is 9.78 Å². The molecule has 0 fully saturated rings. The zero-order valence-corrected chi connectivity index (χ0v) is 22.1. The quantitative estimate of drug-likeness (QED) is 0.0412. The summed E-state index contributed by atoms with van der Waals surface area (Å²) >= 11 is 0. The second-order valence-corrected chi connectivity index (χ2v) is 8.58. The lowest BCUT2D eigenvalue weighted by Gasteiger charge is -2.25. The molecule has 0 unspecified atom stereocenters. The Hall–Kier alpha value is -4.49. The van der Waals surface area contributed by atoms with Crippen molar-refractivity contribution in [1.29, 1.82) is 0 Å². The lowest BCUT2D eigenvalue weighted by molar-refractivity contribution is -0.264. The highest BCUT2D eigenvalue weighted by Gasteiger charge is 2.12. The number of esters is 1. The molecule has 0 atom stereocenters. The lowest BCUT2D eigenvalue weighted by Crippen LogP contribution is -2.09. The number of unbranched alkanes of at least 4 members (excludes halogenated alkanes) is 1. The number of para-hydroxylation sites is 2. The number of carbonyl (C=O) groups is 1. The van der Waals surface area contributed by atoms with E-state index in [1.807, 2.05) is 60.7 Å². The highest BCUT2D eigenvalue weighted by Crippen LogP contribution is 2.34. The largest absolute Gasteiger partial charge is 0.463 e. The molecule has 0 amide bonds. The second-order valence-electron chi connectivity index (χ2n) is 8.58. The van der Waals surface area contributed by atoms with Gasteiger partial charge in [-0.1, -0.05) is 56.1 Å². The van der Waals surface area contributed by atoms with E-state index in [1.54, 1.807) is 0 Å². The predicted octanol–water partition coefficient (Wildman–Crippen LogP) is 8.12. The van der Waals surface area contributed by atoms with Crippen molar-refractivity contribution in [2.75, 3.05) is 18.1 Å². The van der Waals surface area contributed by atoms with Crippen LogP contribution in [-0.2, 0) is 24.2 Å². The summed E-state index contributed by atoms with van der Waals surface area (Å²) < 4.78 is 4.91. The van der Waals surface area contributed by atoms with E-state index < -0.39 is 5.97 Å². The monoisotopic (exact) mass is 529 g/mol. The van der Waals surface area contributed by atoms with Gasteiger partial charge in [0.1, 0.15) is 11.5 Å². The number of hydrogen-bond donors (Lipinski definition) is 0. The number of carbonyl (C=O) groups excluding carboxylic acids is 1. The average Bonchev–Trinajstić information content (AvgIpc) is 2.97. The molecule has 0 saturated carbocycles. The maximum absolute atomic E-state index is 11.0. The number of nitrogens with zero attached hydrogens (tertiary/aromatic N) is 1. The van der Waals surface area contributed by atoms with Gasteiger partial charge in [-0.15, -0.1) is 0 Å². The van der Waals surface area contributed by atoms with Crippen LogP contribution in [0.3, 0.4) is 0 Å². The van der Waals surface area contributed by atoms with Crippen LogP contribution in [0.4, 0.5) is 17.1 Å². The molecule has 0 spiro atoms. The molecule has 0 aliphatic heterocycles. The highest BCUT2D eigenvalue weighted by molar-refractivity contribution is 5.81. The molecule has 0 radical (unpaired) electrons. The smallest absolute Gasteiger partial charge is 0.330 e. The minimum absolute atomic E-state index is 0.340. The Morgan fingerprint density at radius 2 is 1.26 bits per heavy atom. The first-order chi connectivity index (χ1) is 19.1. The first kappa shape index (κ1) is 29.1. The van der Waals surface area contributed by atoms with Gasteiger partial charge in [0.25, 0.3) is 0 Å². The summed E-state index contributed by atoms with van der Waals surface area (Å²) in [4.78, 5) is 34.3. The third-order valence-electron chi connectivity index (χ3n) is 5.50. The van der Waals surface area contributed by atoms with Crippen LogP contribution >= 0.6 is 0 Å². The van der Waals surface area contributed by atoms with Crippen molar-refractivity contribution in [3.05, 3.63) is 122 Å². The van der Waals surface area contributed by atoms with Crippen LogP contribution in [0.15, 0.2) is 122 Å². The first-order valence-corrected chi connectivity index (χ1v) is 12.9. The number of rotatable bonds is 18. The summed E-state index contributed by atoms with van der Waals surface area (Å²) in [5, 5.41) is 0. The van der Waals surface area contributed by atoms with E-state index in [4.69, 9.17) is 24.3 Å². The Bertz CT molecular complexity index is 1140. The normalized spacial score (nSPS) is 10.3. The Labute approximate surface area is 230 Å². The van der Waals surface area contributed by atoms with Crippen LogP contribution in [0.1, 0.15) is 32.1 Å². The summed E-state index contributed by atoms with van der Waals surface area (Å²) in [6.07, 6.45) is 4.41. The molecule has 0 saturated heterocycles. The SMILES string of the molecule is C=CC(=O)OCCCCC(=C)OOCCCC(=C)OOc1ccc(N(c2ccccc2)c2ccccc2)cc1. The Morgan fingerprint density at radius 3 is 1.87 bits per heavy atom. The van der Waals surface area contributed by atoms with Crippen LogP contribution in [0.5, 0.6) is 5.75 Å². The van der Waals surface area contributed by atoms with Crippen LogP contribution in [0.2, 0.25) is 0 Å². The summed E-state index contributed by atoms with van der Waals surface area (Å²) in [5.74, 6) is 1.14. The molecule has 7 nitrogen and oxygen atoms in total. The fraction of sp³-hybridized carbons (Fsp3) is 0.219. The van der Waals surface area contributed by atoms with Crippen molar-refractivity contribution in [3.8, 4) is 5.75 Å². The first-order valence-electron chi connectivity index (χ1n) is 12.9. The topological polar surface area (TPSA) is 66.5 Å². The lowest BCUT2D eigenvalue weighted by atomic mass is 10.2. The van der Waals surface area contributed by atoms with Crippen molar-refractivity contribution < 1.29 is 29.1 Å². The van der Waals surface area contributed by atoms with Gasteiger partial charge in [0, 0.05) is 36.0 Å². The summed E-state index contributed by atoms with van der Waals surface area (Å²) in [6.45, 7) is 11.7. The van der Waals surface area contributed by atoms with E-state index in [0.29, 0.717) is 56.2 Å². The van der Waals surface area contributed by atoms with E-state index in [1.165, 1.54) is 0 Å². The average molecular weight is 530 g/mol.